The molecular formula is C27H27N5O. The molecule has 0 saturated carbocycles. The van der Waals surface area contributed by atoms with Gasteiger partial charge in [0.25, 0.3) is 0 Å². The maximum absolute atomic E-state index is 12.2. The van der Waals surface area contributed by atoms with Gasteiger partial charge in [-0.05, 0) is 35.7 Å². The number of pyridine rings is 2. The van der Waals surface area contributed by atoms with Gasteiger partial charge in [0.05, 0.1) is 11.4 Å². The van der Waals surface area contributed by atoms with Crippen molar-refractivity contribution in [1.29, 1.82) is 0 Å². The van der Waals surface area contributed by atoms with E-state index < -0.39 is 0 Å². The van der Waals surface area contributed by atoms with E-state index in [0.29, 0.717) is 19.4 Å². The van der Waals surface area contributed by atoms with Crippen molar-refractivity contribution in [2.75, 3.05) is 0 Å². The second-order valence-electron chi connectivity index (χ2n) is 8.20. The van der Waals surface area contributed by atoms with Crippen LogP contribution in [-0.4, -0.2) is 25.8 Å². The molecule has 0 radical (unpaired) electrons. The van der Waals surface area contributed by atoms with Crippen LogP contribution in [0.2, 0.25) is 0 Å². The van der Waals surface area contributed by atoms with Crippen LogP contribution in [0.4, 0.5) is 0 Å². The first-order valence-corrected chi connectivity index (χ1v) is 11.1. The Bertz CT molecular complexity index is 1190. The van der Waals surface area contributed by atoms with Gasteiger partial charge in [-0.25, -0.2) is 9.97 Å². The molecule has 1 aromatic carbocycles. The predicted octanol–water partition coefficient (Wildman–Crippen LogP) is 4.97. The van der Waals surface area contributed by atoms with Crippen LogP contribution in [0.25, 0.3) is 22.5 Å². The molecule has 0 spiro atoms. The summed E-state index contributed by atoms with van der Waals surface area (Å²) in [7, 11) is 0. The SMILES string of the molecule is CC(C)c1ncc(-c2ccccn2)c(-c2ccc(CNC(=O)CCc3cccnc3)cc2)n1. The van der Waals surface area contributed by atoms with Crippen LogP contribution >= 0.6 is 0 Å². The van der Waals surface area contributed by atoms with Gasteiger partial charge in [-0.2, -0.15) is 0 Å². The van der Waals surface area contributed by atoms with E-state index in [9.17, 15) is 4.79 Å². The monoisotopic (exact) mass is 437 g/mol. The molecule has 0 bridgehead atoms. The highest BCUT2D eigenvalue weighted by Gasteiger charge is 2.14. The smallest absolute Gasteiger partial charge is 0.220 e. The van der Waals surface area contributed by atoms with E-state index in [1.54, 1.807) is 18.6 Å². The van der Waals surface area contributed by atoms with Gasteiger partial charge in [0.1, 0.15) is 5.82 Å². The van der Waals surface area contributed by atoms with Gasteiger partial charge in [0.2, 0.25) is 5.91 Å². The second-order valence-corrected chi connectivity index (χ2v) is 8.20. The summed E-state index contributed by atoms with van der Waals surface area (Å²) in [5, 5.41) is 2.99. The zero-order chi connectivity index (χ0) is 23.0. The maximum atomic E-state index is 12.2. The van der Waals surface area contributed by atoms with Crippen molar-refractivity contribution >= 4 is 5.91 Å². The number of rotatable bonds is 8. The molecule has 3 heterocycles. The number of aromatic nitrogens is 4. The highest BCUT2D eigenvalue weighted by Crippen LogP contribution is 2.30. The number of nitrogens with zero attached hydrogens (tertiary/aromatic N) is 4. The predicted molar refractivity (Wildman–Crippen MR) is 129 cm³/mol. The molecule has 0 saturated heterocycles. The third-order valence-electron chi connectivity index (χ3n) is 5.35. The second kappa shape index (κ2) is 10.6. The molecule has 1 N–H and O–H groups in total. The first kappa shape index (κ1) is 22.3. The van der Waals surface area contributed by atoms with Gasteiger partial charge in [-0.3, -0.25) is 14.8 Å². The summed E-state index contributed by atoms with van der Waals surface area (Å²) in [4.78, 5) is 30.2. The van der Waals surface area contributed by atoms with E-state index in [-0.39, 0.29) is 11.8 Å². The number of nitrogens with one attached hydrogen (secondary N) is 1. The first-order valence-electron chi connectivity index (χ1n) is 11.1. The van der Waals surface area contributed by atoms with Gasteiger partial charge in [-0.1, -0.05) is 50.2 Å². The third-order valence-corrected chi connectivity index (χ3v) is 5.35. The fraction of sp³-hybridized carbons (Fsp3) is 0.222. The Balaban J connectivity index is 1.46. The number of carbonyl (C=O) groups is 1. The fourth-order valence-electron chi connectivity index (χ4n) is 3.48. The van der Waals surface area contributed by atoms with Gasteiger partial charge < -0.3 is 5.32 Å². The van der Waals surface area contributed by atoms with Gasteiger partial charge >= 0.3 is 0 Å². The van der Waals surface area contributed by atoms with E-state index in [0.717, 1.165) is 39.5 Å². The van der Waals surface area contributed by atoms with Crippen molar-refractivity contribution < 1.29 is 4.79 Å². The topological polar surface area (TPSA) is 80.7 Å². The molecule has 6 heteroatoms. The Morgan fingerprint density at radius 2 is 1.76 bits per heavy atom. The number of amides is 1. The quantitative estimate of drug-likeness (QED) is 0.421. The van der Waals surface area contributed by atoms with Crippen LogP contribution < -0.4 is 5.32 Å². The van der Waals surface area contributed by atoms with E-state index in [1.165, 1.54) is 0 Å². The maximum Gasteiger partial charge on any atom is 0.220 e. The minimum absolute atomic E-state index is 0.0257. The molecule has 0 aliphatic rings. The summed E-state index contributed by atoms with van der Waals surface area (Å²) in [6.45, 7) is 4.65. The summed E-state index contributed by atoms with van der Waals surface area (Å²) in [6.07, 6.45) is 8.28. The van der Waals surface area contributed by atoms with Crippen molar-refractivity contribution in [3.63, 3.8) is 0 Å². The average Bonchev–Trinajstić information content (AvgIpc) is 2.87. The van der Waals surface area contributed by atoms with Crippen molar-refractivity contribution in [1.82, 2.24) is 25.3 Å². The number of benzene rings is 1. The Labute approximate surface area is 194 Å². The lowest BCUT2D eigenvalue weighted by Gasteiger charge is -2.12. The van der Waals surface area contributed by atoms with Crippen molar-refractivity contribution in [3.8, 4) is 22.5 Å². The summed E-state index contributed by atoms with van der Waals surface area (Å²) in [5.41, 5.74) is 5.69. The third kappa shape index (κ3) is 5.86. The lowest BCUT2D eigenvalue weighted by atomic mass is 10.0. The van der Waals surface area contributed by atoms with Crippen molar-refractivity contribution in [2.45, 2.75) is 39.2 Å². The average molecular weight is 438 g/mol. The molecule has 0 fully saturated rings. The van der Waals surface area contributed by atoms with Crippen LogP contribution in [0.3, 0.4) is 0 Å². The summed E-state index contributed by atoms with van der Waals surface area (Å²) >= 11 is 0. The standard InChI is InChI=1S/C27H27N5O/c1-19(2)27-31-18-23(24-7-3-4-15-29-24)26(32-27)22-11-8-21(9-12-22)17-30-25(33)13-10-20-6-5-14-28-16-20/h3-9,11-12,14-16,18-19H,10,13,17H2,1-2H3,(H,30,33). The minimum atomic E-state index is 0.0257. The number of hydrogen-bond donors (Lipinski definition) is 1. The van der Waals surface area contributed by atoms with Gasteiger partial charge in [0.15, 0.2) is 0 Å². The summed E-state index contributed by atoms with van der Waals surface area (Å²) < 4.78 is 0. The Kier molecular flexibility index (Phi) is 7.15. The van der Waals surface area contributed by atoms with Crippen LogP contribution in [0.1, 0.15) is 43.1 Å². The molecule has 3 aromatic heterocycles. The van der Waals surface area contributed by atoms with E-state index in [1.807, 2.05) is 60.8 Å². The van der Waals surface area contributed by atoms with Gasteiger partial charge in [-0.15, -0.1) is 0 Å². The minimum Gasteiger partial charge on any atom is -0.352 e. The molecule has 0 aliphatic heterocycles. The van der Waals surface area contributed by atoms with Crippen LogP contribution in [-0.2, 0) is 17.8 Å². The van der Waals surface area contributed by atoms with E-state index in [4.69, 9.17) is 4.98 Å². The lowest BCUT2D eigenvalue weighted by molar-refractivity contribution is -0.121. The molecule has 4 aromatic rings. The number of carbonyl (C=O) groups excluding carboxylic acids is 1. The van der Waals surface area contributed by atoms with Crippen LogP contribution in [0, 0.1) is 0 Å². The largest absolute Gasteiger partial charge is 0.352 e. The summed E-state index contributed by atoms with van der Waals surface area (Å²) in [5.74, 6) is 1.05. The normalized spacial score (nSPS) is 10.9. The molecular weight excluding hydrogens is 410 g/mol. The fourth-order valence-corrected chi connectivity index (χ4v) is 3.48. The molecule has 0 unspecified atom stereocenters. The Morgan fingerprint density at radius 3 is 2.45 bits per heavy atom. The number of aryl methyl sites for hydroxylation is 1. The van der Waals surface area contributed by atoms with Crippen LogP contribution in [0.5, 0.6) is 0 Å². The van der Waals surface area contributed by atoms with E-state index in [2.05, 4.69) is 34.1 Å². The van der Waals surface area contributed by atoms with E-state index >= 15 is 0 Å². The molecule has 166 valence electrons. The Hall–Kier alpha value is -3.93. The highest BCUT2D eigenvalue weighted by atomic mass is 16.1. The van der Waals surface area contributed by atoms with Crippen molar-refractivity contribution in [2.24, 2.45) is 0 Å². The molecule has 1 amide bonds. The Morgan fingerprint density at radius 1 is 0.909 bits per heavy atom. The lowest BCUT2D eigenvalue weighted by Crippen LogP contribution is -2.22. The van der Waals surface area contributed by atoms with Crippen molar-refractivity contribution in [3.05, 3.63) is 96.3 Å². The molecule has 4 rings (SSSR count). The first-order chi connectivity index (χ1) is 16.1. The number of hydrogen-bond acceptors (Lipinski definition) is 5. The summed E-state index contributed by atoms with van der Waals surface area (Å²) in [6, 6.07) is 17.8. The molecule has 0 atom stereocenters. The molecule has 6 nitrogen and oxygen atoms in total. The molecule has 0 aliphatic carbocycles. The zero-order valence-corrected chi connectivity index (χ0v) is 18.9. The highest BCUT2D eigenvalue weighted by molar-refractivity contribution is 5.78. The van der Waals surface area contributed by atoms with Gasteiger partial charge in [0, 0.05) is 54.8 Å². The zero-order valence-electron chi connectivity index (χ0n) is 18.9. The van der Waals surface area contributed by atoms with Crippen LogP contribution in [0.15, 0.2) is 79.4 Å². The molecule has 33 heavy (non-hydrogen) atoms.